The normalized spacial score (nSPS) is 10.7. The highest BCUT2D eigenvalue weighted by atomic mass is 79.9. The van der Waals surface area contributed by atoms with E-state index in [2.05, 4.69) is 20.9 Å². The van der Waals surface area contributed by atoms with Gasteiger partial charge in [0.25, 0.3) is 5.69 Å². The molecule has 0 aliphatic heterocycles. The van der Waals surface area contributed by atoms with E-state index in [1.807, 2.05) is 24.3 Å². The number of halogens is 1. The Balaban J connectivity index is 2.20. The van der Waals surface area contributed by atoms with Crippen molar-refractivity contribution in [1.82, 2.24) is 0 Å². The highest BCUT2D eigenvalue weighted by molar-refractivity contribution is 9.10. The maximum Gasteiger partial charge on any atom is 0.270 e. The van der Waals surface area contributed by atoms with Crippen molar-refractivity contribution >= 4 is 33.5 Å². The van der Waals surface area contributed by atoms with Crippen molar-refractivity contribution in [2.45, 2.75) is 0 Å². The van der Waals surface area contributed by atoms with Gasteiger partial charge in [0.15, 0.2) is 0 Å². The molecule has 90 valence electrons. The molecule has 18 heavy (non-hydrogen) atoms. The summed E-state index contributed by atoms with van der Waals surface area (Å²) in [6, 6.07) is 13.9. The van der Waals surface area contributed by atoms with Crippen molar-refractivity contribution in [3.05, 3.63) is 68.7 Å². The Morgan fingerprint density at radius 1 is 1.17 bits per heavy atom. The van der Waals surface area contributed by atoms with E-state index in [-0.39, 0.29) is 5.69 Å². The van der Waals surface area contributed by atoms with Crippen LogP contribution in [0.5, 0.6) is 0 Å². The fourth-order valence-electron chi connectivity index (χ4n) is 1.39. The lowest BCUT2D eigenvalue weighted by Gasteiger charge is -1.95. The van der Waals surface area contributed by atoms with Gasteiger partial charge in [0.05, 0.1) is 10.6 Å². The molecule has 4 nitrogen and oxygen atoms in total. The molecule has 2 aromatic rings. The summed E-state index contributed by atoms with van der Waals surface area (Å²) in [4.78, 5) is 14.5. The molecule has 0 unspecified atom stereocenters. The van der Waals surface area contributed by atoms with Crippen LogP contribution in [-0.2, 0) is 0 Å². The van der Waals surface area contributed by atoms with Crippen LogP contribution in [0.3, 0.4) is 0 Å². The molecular formula is C13H9BrN2O2. The minimum absolute atomic E-state index is 0.0646. The summed E-state index contributed by atoms with van der Waals surface area (Å²) >= 11 is 3.34. The second-order valence-corrected chi connectivity index (χ2v) is 4.50. The van der Waals surface area contributed by atoms with Gasteiger partial charge in [-0.15, -0.1) is 0 Å². The lowest BCUT2D eigenvalue weighted by Crippen LogP contribution is -1.89. The monoisotopic (exact) mass is 304 g/mol. The lowest BCUT2D eigenvalue weighted by atomic mass is 10.2. The summed E-state index contributed by atoms with van der Waals surface area (Å²) in [5, 5.41) is 10.6. The highest BCUT2D eigenvalue weighted by Gasteiger charge is 2.03. The van der Waals surface area contributed by atoms with Crippen LogP contribution in [0, 0.1) is 10.1 Å². The van der Waals surface area contributed by atoms with Crippen molar-refractivity contribution in [3.8, 4) is 0 Å². The summed E-state index contributed by atoms with van der Waals surface area (Å²) in [7, 11) is 0. The second kappa shape index (κ2) is 5.55. The molecule has 0 fully saturated rings. The van der Waals surface area contributed by atoms with Crippen LogP contribution in [-0.4, -0.2) is 11.1 Å². The van der Waals surface area contributed by atoms with Gasteiger partial charge >= 0.3 is 0 Å². The number of nitrogens with zero attached hydrogens (tertiary/aromatic N) is 2. The molecule has 0 radical (unpaired) electrons. The van der Waals surface area contributed by atoms with Crippen LogP contribution in [0.4, 0.5) is 11.4 Å². The van der Waals surface area contributed by atoms with Crippen molar-refractivity contribution in [2.24, 2.45) is 4.99 Å². The first-order valence-corrected chi connectivity index (χ1v) is 5.98. The maximum absolute atomic E-state index is 10.6. The molecule has 0 saturated heterocycles. The smallest absolute Gasteiger partial charge is 0.258 e. The Hall–Kier alpha value is -2.01. The average molecular weight is 305 g/mol. The van der Waals surface area contributed by atoms with E-state index in [4.69, 9.17) is 0 Å². The minimum atomic E-state index is -0.420. The summed E-state index contributed by atoms with van der Waals surface area (Å²) < 4.78 is 0.983. The van der Waals surface area contributed by atoms with Gasteiger partial charge in [-0.05, 0) is 29.8 Å². The van der Waals surface area contributed by atoms with E-state index >= 15 is 0 Å². The van der Waals surface area contributed by atoms with Crippen LogP contribution in [0.25, 0.3) is 0 Å². The van der Waals surface area contributed by atoms with E-state index in [0.29, 0.717) is 5.56 Å². The zero-order valence-corrected chi connectivity index (χ0v) is 10.9. The van der Waals surface area contributed by atoms with Gasteiger partial charge in [-0.25, -0.2) is 0 Å². The van der Waals surface area contributed by atoms with Crippen molar-refractivity contribution in [2.75, 3.05) is 0 Å². The average Bonchev–Trinajstić information content (AvgIpc) is 2.38. The van der Waals surface area contributed by atoms with E-state index in [9.17, 15) is 10.1 Å². The largest absolute Gasteiger partial charge is 0.270 e. The molecule has 0 bridgehead atoms. The Labute approximate surface area is 112 Å². The third-order valence-electron chi connectivity index (χ3n) is 2.27. The number of rotatable bonds is 3. The molecule has 0 N–H and O–H groups in total. The fourth-order valence-corrected chi connectivity index (χ4v) is 1.66. The first kappa shape index (κ1) is 12.4. The van der Waals surface area contributed by atoms with Crippen molar-refractivity contribution < 1.29 is 4.92 Å². The number of nitro benzene ring substituents is 1. The third-order valence-corrected chi connectivity index (χ3v) is 2.80. The zero-order valence-electron chi connectivity index (χ0n) is 9.29. The van der Waals surface area contributed by atoms with Crippen molar-refractivity contribution in [1.29, 1.82) is 0 Å². The van der Waals surface area contributed by atoms with Gasteiger partial charge in [0.1, 0.15) is 0 Å². The molecule has 0 amide bonds. The van der Waals surface area contributed by atoms with E-state index in [1.165, 1.54) is 12.1 Å². The molecule has 0 spiro atoms. The van der Waals surface area contributed by atoms with E-state index in [1.54, 1.807) is 18.3 Å². The quantitative estimate of drug-likeness (QED) is 0.487. The number of nitro groups is 1. The Morgan fingerprint density at radius 2 is 1.89 bits per heavy atom. The first-order chi connectivity index (χ1) is 8.65. The van der Waals surface area contributed by atoms with E-state index in [0.717, 1.165) is 10.2 Å². The number of hydrogen-bond acceptors (Lipinski definition) is 3. The molecule has 5 heteroatoms. The first-order valence-electron chi connectivity index (χ1n) is 5.19. The molecule has 0 aromatic heterocycles. The predicted octanol–water partition coefficient (Wildman–Crippen LogP) is 4.11. The molecule has 0 saturated carbocycles. The van der Waals surface area contributed by atoms with Gasteiger partial charge in [0.2, 0.25) is 0 Å². The molecule has 0 heterocycles. The van der Waals surface area contributed by atoms with Crippen LogP contribution in [0.1, 0.15) is 5.56 Å². The van der Waals surface area contributed by atoms with Crippen LogP contribution in [0.2, 0.25) is 0 Å². The summed E-state index contributed by atoms with van der Waals surface area (Å²) in [5.41, 5.74) is 1.56. The Morgan fingerprint density at radius 3 is 2.56 bits per heavy atom. The van der Waals surface area contributed by atoms with Gasteiger partial charge in [-0.2, -0.15) is 0 Å². The summed E-state index contributed by atoms with van der Waals surface area (Å²) in [6.07, 6.45) is 1.61. The van der Waals surface area contributed by atoms with Gasteiger partial charge in [-0.1, -0.05) is 28.1 Å². The van der Waals surface area contributed by atoms with Crippen LogP contribution in [0.15, 0.2) is 58.0 Å². The predicted molar refractivity (Wildman–Crippen MR) is 74.5 cm³/mol. The molecule has 2 aromatic carbocycles. The Kier molecular flexibility index (Phi) is 3.84. The summed E-state index contributed by atoms with van der Waals surface area (Å²) in [6.45, 7) is 0. The van der Waals surface area contributed by atoms with E-state index < -0.39 is 4.92 Å². The zero-order chi connectivity index (χ0) is 13.0. The molecule has 0 atom stereocenters. The second-order valence-electron chi connectivity index (χ2n) is 3.59. The molecule has 2 rings (SSSR count). The molecule has 0 aliphatic rings. The SMILES string of the molecule is O=[N+]([O-])c1cccc(C=Nc2ccc(Br)cc2)c1. The maximum atomic E-state index is 10.6. The third kappa shape index (κ3) is 3.24. The number of non-ortho nitro benzene ring substituents is 1. The lowest BCUT2D eigenvalue weighted by molar-refractivity contribution is -0.384. The van der Waals surface area contributed by atoms with Gasteiger partial charge < -0.3 is 0 Å². The van der Waals surface area contributed by atoms with Crippen LogP contribution < -0.4 is 0 Å². The number of hydrogen-bond donors (Lipinski definition) is 0. The highest BCUT2D eigenvalue weighted by Crippen LogP contribution is 2.17. The van der Waals surface area contributed by atoms with Gasteiger partial charge in [-0.3, -0.25) is 15.1 Å². The Bertz CT molecular complexity index is 594. The molecule has 0 aliphatic carbocycles. The molecular weight excluding hydrogens is 296 g/mol. The minimum Gasteiger partial charge on any atom is -0.258 e. The van der Waals surface area contributed by atoms with Gasteiger partial charge in [0, 0.05) is 22.8 Å². The van der Waals surface area contributed by atoms with Crippen molar-refractivity contribution in [3.63, 3.8) is 0 Å². The fraction of sp³-hybridized carbons (Fsp3) is 0. The standard InChI is InChI=1S/C13H9BrN2O2/c14-11-4-6-12(7-5-11)15-9-10-2-1-3-13(8-10)16(17)18/h1-9H. The topological polar surface area (TPSA) is 55.5 Å². The summed E-state index contributed by atoms with van der Waals surface area (Å²) in [5.74, 6) is 0. The number of aliphatic imine (C=N–C) groups is 1. The van der Waals surface area contributed by atoms with Crippen LogP contribution >= 0.6 is 15.9 Å². The number of benzene rings is 2.